The molecule has 64 valence electrons. The first-order chi connectivity index (χ1) is 5.86. The predicted molar refractivity (Wildman–Crippen MR) is 48.8 cm³/mol. The molecule has 0 spiro atoms. The SMILES string of the molecule is C[C@H]1CN[C@H](c2ccccn2)C1. The number of pyridine rings is 1. The molecule has 0 unspecified atom stereocenters. The van der Waals surface area contributed by atoms with E-state index in [1.807, 2.05) is 18.3 Å². The van der Waals surface area contributed by atoms with E-state index in [4.69, 9.17) is 0 Å². The quantitative estimate of drug-likeness (QED) is 0.680. The van der Waals surface area contributed by atoms with Gasteiger partial charge in [-0.25, -0.2) is 0 Å². The molecular formula is C10H14N2. The van der Waals surface area contributed by atoms with E-state index in [1.54, 1.807) is 0 Å². The van der Waals surface area contributed by atoms with Crippen molar-refractivity contribution in [3.05, 3.63) is 30.1 Å². The van der Waals surface area contributed by atoms with Crippen molar-refractivity contribution in [3.63, 3.8) is 0 Å². The summed E-state index contributed by atoms with van der Waals surface area (Å²) in [5.41, 5.74) is 1.18. The van der Waals surface area contributed by atoms with Gasteiger partial charge in [0.1, 0.15) is 0 Å². The normalized spacial score (nSPS) is 29.1. The Balaban J connectivity index is 2.11. The number of nitrogens with zero attached hydrogens (tertiary/aromatic N) is 1. The highest BCUT2D eigenvalue weighted by Crippen LogP contribution is 2.24. The lowest BCUT2D eigenvalue weighted by Gasteiger charge is -2.07. The van der Waals surface area contributed by atoms with Gasteiger partial charge in [0.25, 0.3) is 0 Å². The highest BCUT2D eigenvalue weighted by atomic mass is 15.0. The Kier molecular flexibility index (Phi) is 2.09. The minimum absolute atomic E-state index is 0.487. The van der Waals surface area contributed by atoms with Gasteiger partial charge < -0.3 is 5.32 Å². The second-order valence-corrected chi connectivity index (χ2v) is 3.56. The Morgan fingerprint density at radius 2 is 2.42 bits per heavy atom. The van der Waals surface area contributed by atoms with Crippen LogP contribution in [0.4, 0.5) is 0 Å². The first-order valence-corrected chi connectivity index (χ1v) is 4.50. The molecule has 1 fully saturated rings. The topological polar surface area (TPSA) is 24.9 Å². The zero-order chi connectivity index (χ0) is 8.39. The van der Waals surface area contributed by atoms with Gasteiger partial charge in [0.15, 0.2) is 0 Å². The number of hydrogen-bond acceptors (Lipinski definition) is 2. The summed E-state index contributed by atoms with van der Waals surface area (Å²) < 4.78 is 0. The summed E-state index contributed by atoms with van der Waals surface area (Å²) in [4.78, 5) is 4.33. The largest absolute Gasteiger partial charge is 0.308 e. The molecule has 12 heavy (non-hydrogen) atoms. The lowest BCUT2D eigenvalue weighted by Crippen LogP contribution is -2.14. The van der Waals surface area contributed by atoms with Crippen LogP contribution in [0.25, 0.3) is 0 Å². The zero-order valence-corrected chi connectivity index (χ0v) is 7.33. The fourth-order valence-electron chi connectivity index (χ4n) is 1.72. The summed E-state index contributed by atoms with van der Waals surface area (Å²) in [5.74, 6) is 0.789. The van der Waals surface area contributed by atoms with Crippen molar-refractivity contribution < 1.29 is 0 Å². The first kappa shape index (κ1) is 7.74. The maximum absolute atomic E-state index is 4.33. The van der Waals surface area contributed by atoms with Crippen LogP contribution in [0.1, 0.15) is 25.1 Å². The molecule has 2 heteroatoms. The summed E-state index contributed by atoms with van der Waals surface area (Å²) in [6.45, 7) is 3.40. The van der Waals surface area contributed by atoms with E-state index in [-0.39, 0.29) is 0 Å². The van der Waals surface area contributed by atoms with Gasteiger partial charge in [-0.05, 0) is 31.0 Å². The Morgan fingerprint density at radius 1 is 1.50 bits per heavy atom. The number of aromatic nitrogens is 1. The smallest absolute Gasteiger partial charge is 0.0573 e. The van der Waals surface area contributed by atoms with Gasteiger partial charge in [0.2, 0.25) is 0 Å². The van der Waals surface area contributed by atoms with E-state index in [9.17, 15) is 0 Å². The van der Waals surface area contributed by atoms with Crippen molar-refractivity contribution >= 4 is 0 Å². The summed E-state index contributed by atoms with van der Waals surface area (Å²) in [7, 11) is 0. The molecule has 2 nitrogen and oxygen atoms in total. The average molecular weight is 162 g/mol. The monoisotopic (exact) mass is 162 g/mol. The Morgan fingerprint density at radius 3 is 3.00 bits per heavy atom. The minimum Gasteiger partial charge on any atom is -0.308 e. The van der Waals surface area contributed by atoms with E-state index in [0.29, 0.717) is 6.04 Å². The summed E-state index contributed by atoms with van der Waals surface area (Å²) in [6, 6.07) is 6.59. The van der Waals surface area contributed by atoms with E-state index in [2.05, 4.69) is 23.3 Å². The molecular weight excluding hydrogens is 148 g/mol. The molecule has 1 N–H and O–H groups in total. The van der Waals surface area contributed by atoms with Crippen molar-refractivity contribution in [3.8, 4) is 0 Å². The molecule has 1 aromatic rings. The van der Waals surface area contributed by atoms with Crippen molar-refractivity contribution in [2.24, 2.45) is 5.92 Å². The molecule has 2 heterocycles. The standard InChI is InChI=1S/C10H14N2/c1-8-6-10(12-7-8)9-4-2-3-5-11-9/h2-5,8,10,12H,6-7H2,1H3/t8-,10+/m1/s1. The van der Waals surface area contributed by atoms with Crippen molar-refractivity contribution in [2.45, 2.75) is 19.4 Å². The third kappa shape index (κ3) is 1.48. The fraction of sp³-hybridized carbons (Fsp3) is 0.500. The summed E-state index contributed by atoms with van der Waals surface area (Å²) in [5, 5.41) is 3.46. The third-order valence-corrected chi connectivity index (χ3v) is 2.40. The highest BCUT2D eigenvalue weighted by molar-refractivity contribution is 5.10. The van der Waals surface area contributed by atoms with Crippen LogP contribution in [0.15, 0.2) is 24.4 Å². The van der Waals surface area contributed by atoms with Crippen LogP contribution in [-0.2, 0) is 0 Å². The van der Waals surface area contributed by atoms with Crippen LogP contribution in [0, 0.1) is 5.92 Å². The lowest BCUT2D eigenvalue weighted by atomic mass is 10.1. The molecule has 2 rings (SSSR count). The van der Waals surface area contributed by atoms with Crippen molar-refractivity contribution in [1.29, 1.82) is 0 Å². The van der Waals surface area contributed by atoms with E-state index in [0.717, 1.165) is 12.5 Å². The van der Waals surface area contributed by atoms with Gasteiger partial charge >= 0.3 is 0 Å². The van der Waals surface area contributed by atoms with Crippen LogP contribution in [-0.4, -0.2) is 11.5 Å². The van der Waals surface area contributed by atoms with Crippen LogP contribution < -0.4 is 5.32 Å². The van der Waals surface area contributed by atoms with E-state index < -0.39 is 0 Å². The van der Waals surface area contributed by atoms with Crippen LogP contribution in [0.2, 0.25) is 0 Å². The van der Waals surface area contributed by atoms with Crippen molar-refractivity contribution in [2.75, 3.05) is 6.54 Å². The van der Waals surface area contributed by atoms with E-state index >= 15 is 0 Å². The van der Waals surface area contributed by atoms with Gasteiger partial charge in [-0.3, -0.25) is 4.98 Å². The minimum atomic E-state index is 0.487. The molecule has 1 aromatic heterocycles. The predicted octanol–water partition coefficient (Wildman–Crippen LogP) is 1.75. The Labute approximate surface area is 73.0 Å². The maximum Gasteiger partial charge on any atom is 0.0573 e. The average Bonchev–Trinajstić information content (AvgIpc) is 2.54. The van der Waals surface area contributed by atoms with Crippen molar-refractivity contribution in [1.82, 2.24) is 10.3 Å². The summed E-state index contributed by atoms with van der Waals surface area (Å²) in [6.07, 6.45) is 3.08. The van der Waals surface area contributed by atoms with Crippen LogP contribution in [0.5, 0.6) is 0 Å². The molecule has 0 aromatic carbocycles. The highest BCUT2D eigenvalue weighted by Gasteiger charge is 2.22. The number of rotatable bonds is 1. The van der Waals surface area contributed by atoms with Crippen LogP contribution >= 0.6 is 0 Å². The van der Waals surface area contributed by atoms with Crippen LogP contribution in [0.3, 0.4) is 0 Å². The van der Waals surface area contributed by atoms with Gasteiger partial charge in [-0.2, -0.15) is 0 Å². The lowest BCUT2D eigenvalue weighted by molar-refractivity contribution is 0.599. The fourth-order valence-corrected chi connectivity index (χ4v) is 1.72. The van der Waals surface area contributed by atoms with Gasteiger partial charge in [-0.1, -0.05) is 13.0 Å². The Hall–Kier alpha value is -0.890. The first-order valence-electron chi connectivity index (χ1n) is 4.50. The summed E-state index contributed by atoms with van der Waals surface area (Å²) >= 11 is 0. The molecule has 1 aliphatic heterocycles. The van der Waals surface area contributed by atoms with Gasteiger partial charge in [0.05, 0.1) is 5.69 Å². The van der Waals surface area contributed by atoms with Gasteiger partial charge in [0, 0.05) is 12.2 Å². The molecule has 0 aliphatic carbocycles. The maximum atomic E-state index is 4.33. The molecule has 2 atom stereocenters. The molecule has 0 bridgehead atoms. The number of nitrogens with one attached hydrogen (secondary N) is 1. The molecule has 1 saturated heterocycles. The molecule has 0 amide bonds. The Bertz CT molecular complexity index is 245. The molecule has 1 aliphatic rings. The zero-order valence-electron chi connectivity index (χ0n) is 7.33. The molecule has 0 radical (unpaired) electrons. The van der Waals surface area contributed by atoms with Gasteiger partial charge in [-0.15, -0.1) is 0 Å². The van der Waals surface area contributed by atoms with E-state index in [1.165, 1.54) is 12.1 Å². The number of hydrogen-bond donors (Lipinski definition) is 1. The molecule has 0 saturated carbocycles. The second-order valence-electron chi connectivity index (χ2n) is 3.56. The third-order valence-electron chi connectivity index (χ3n) is 2.40. The second kappa shape index (κ2) is 3.23.